The average molecular weight is 373 g/mol. The van der Waals surface area contributed by atoms with E-state index in [1.54, 1.807) is 0 Å². The Hall–Kier alpha value is -1.46. The summed E-state index contributed by atoms with van der Waals surface area (Å²) in [6, 6.07) is 0. The molecule has 5 aliphatic rings. The normalized spacial score (nSPS) is 36.7. The first-order valence-electron chi connectivity index (χ1n) is 10.8. The largest absolute Gasteiger partial charge is 0.494 e. The minimum atomic E-state index is -0.0549. The molecule has 0 aromatic carbocycles. The first-order valence-corrected chi connectivity index (χ1v) is 10.8. The predicted molar refractivity (Wildman–Crippen MR) is 102 cm³/mol. The Morgan fingerprint density at radius 2 is 1.74 bits per heavy atom. The van der Waals surface area contributed by atoms with Crippen LogP contribution in [0.25, 0.3) is 0 Å². The number of nitrogens with zero attached hydrogens (tertiary/aromatic N) is 1. The minimum absolute atomic E-state index is 0.0472. The van der Waals surface area contributed by atoms with Gasteiger partial charge in [-0.2, -0.15) is 0 Å². The van der Waals surface area contributed by atoms with Crippen molar-refractivity contribution in [3.63, 3.8) is 0 Å². The SMILES string of the molecule is C1=COC(C2=C(C3CCCO3)C(N3CCCC3)=COC2C2CCCCO2)C1. The van der Waals surface area contributed by atoms with E-state index in [2.05, 4.69) is 11.0 Å². The summed E-state index contributed by atoms with van der Waals surface area (Å²) in [5.41, 5.74) is 3.86. The third-order valence-corrected chi connectivity index (χ3v) is 6.51. The fraction of sp³-hybridized carbons (Fsp3) is 0.727. The van der Waals surface area contributed by atoms with E-state index in [9.17, 15) is 0 Å². The molecule has 27 heavy (non-hydrogen) atoms. The zero-order valence-corrected chi connectivity index (χ0v) is 16.1. The van der Waals surface area contributed by atoms with Gasteiger partial charge in [0.25, 0.3) is 0 Å². The first kappa shape index (κ1) is 17.6. The second kappa shape index (κ2) is 7.88. The Kier molecular flexibility index (Phi) is 5.14. The molecular formula is C22H31NO4. The van der Waals surface area contributed by atoms with Crippen LogP contribution in [-0.2, 0) is 18.9 Å². The van der Waals surface area contributed by atoms with Gasteiger partial charge in [-0.1, -0.05) is 0 Å². The molecular weight excluding hydrogens is 342 g/mol. The fourth-order valence-electron chi connectivity index (χ4n) is 5.17. The van der Waals surface area contributed by atoms with E-state index >= 15 is 0 Å². The van der Waals surface area contributed by atoms with E-state index in [-0.39, 0.29) is 24.4 Å². The molecule has 148 valence electrons. The summed E-state index contributed by atoms with van der Waals surface area (Å²) in [5, 5.41) is 0. The van der Waals surface area contributed by atoms with Crippen molar-refractivity contribution in [2.45, 2.75) is 75.8 Å². The van der Waals surface area contributed by atoms with E-state index in [0.717, 1.165) is 58.4 Å². The summed E-state index contributed by atoms with van der Waals surface area (Å²) in [6.45, 7) is 3.89. The van der Waals surface area contributed by atoms with Gasteiger partial charge in [0, 0.05) is 43.9 Å². The lowest BCUT2D eigenvalue weighted by Gasteiger charge is -2.40. The smallest absolute Gasteiger partial charge is 0.149 e. The number of hydrogen-bond acceptors (Lipinski definition) is 5. The molecule has 3 saturated heterocycles. The molecule has 0 amide bonds. The van der Waals surface area contributed by atoms with E-state index in [1.807, 2.05) is 12.5 Å². The van der Waals surface area contributed by atoms with Crippen LogP contribution in [0.2, 0.25) is 0 Å². The Morgan fingerprint density at radius 1 is 0.852 bits per heavy atom. The predicted octanol–water partition coefficient (Wildman–Crippen LogP) is 3.67. The number of ether oxygens (including phenoxy) is 4. The van der Waals surface area contributed by atoms with Gasteiger partial charge in [0.2, 0.25) is 0 Å². The molecule has 0 aromatic heterocycles. The molecule has 0 aromatic rings. The van der Waals surface area contributed by atoms with E-state index in [1.165, 1.54) is 36.1 Å². The van der Waals surface area contributed by atoms with Crippen molar-refractivity contribution >= 4 is 0 Å². The summed E-state index contributed by atoms with van der Waals surface area (Å²) in [5.74, 6) is 0. The lowest BCUT2D eigenvalue weighted by Crippen LogP contribution is -2.43. The van der Waals surface area contributed by atoms with E-state index < -0.39 is 0 Å². The molecule has 5 nitrogen and oxygen atoms in total. The fourth-order valence-corrected chi connectivity index (χ4v) is 5.17. The maximum atomic E-state index is 6.41. The zero-order chi connectivity index (χ0) is 18.1. The topological polar surface area (TPSA) is 40.2 Å². The molecule has 0 aliphatic carbocycles. The standard InChI is InChI=1S/C22H31NO4/c1-4-12-26-19(7-1)22-21(18-9-6-14-25-18)20(17-8-5-13-24-17)16(15-27-22)23-10-2-3-11-23/h6,14-15,17-19,22H,1-5,7-13H2. The first-order chi connectivity index (χ1) is 13.4. The summed E-state index contributed by atoms with van der Waals surface area (Å²) in [4.78, 5) is 2.48. The lowest BCUT2D eigenvalue weighted by atomic mass is 9.84. The van der Waals surface area contributed by atoms with Gasteiger partial charge < -0.3 is 23.8 Å². The van der Waals surface area contributed by atoms with Crippen LogP contribution in [0.4, 0.5) is 0 Å². The van der Waals surface area contributed by atoms with Crippen molar-refractivity contribution in [2.24, 2.45) is 0 Å². The number of hydrogen-bond donors (Lipinski definition) is 0. The summed E-state index contributed by atoms with van der Waals surface area (Å²) in [7, 11) is 0. The molecule has 5 rings (SSSR count). The van der Waals surface area contributed by atoms with Crippen molar-refractivity contribution in [3.05, 3.63) is 35.4 Å². The van der Waals surface area contributed by atoms with Crippen LogP contribution in [0.15, 0.2) is 35.4 Å². The summed E-state index contributed by atoms with van der Waals surface area (Å²) >= 11 is 0. The molecule has 0 N–H and O–H groups in total. The van der Waals surface area contributed by atoms with Crippen LogP contribution in [0.3, 0.4) is 0 Å². The van der Waals surface area contributed by atoms with E-state index in [4.69, 9.17) is 18.9 Å². The monoisotopic (exact) mass is 373 g/mol. The molecule has 4 atom stereocenters. The van der Waals surface area contributed by atoms with Gasteiger partial charge in [-0.25, -0.2) is 0 Å². The maximum Gasteiger partial charge on any atom is 0.149 e. The highest BCUT2D eigenvalue weighted by atomic mass is 16.5. The highest BCUT2D eigenvalue weighted by Crippen LogP contribution is 2.41. The lowest BCUT2D eigenvalue weighted by molar-refractivity contribution is -0.0627. The van der Waals surface area contributed by atoms with Gasteiger partial charge >= 0.3 is 0 Å². The van der Waals surface area contributed by atoms with Crippen LogP contribution in [0.5, 0.6) is 0 Å². The Morgan fingerprint density at radius 3 is 2.44 bits per heavy atom. The van der Waals surface area contributed by atoms with E-state index in [0.29, 0.717) is 0 Å². The molecule has 0 saturated carbocycles. The highest BCUT2D eigenvalue weighted by Gasteiger charge is 2.43. The van der Waals surface area contributed by atoms with Crippen LogP contribution < -0.4 is 0 Å². The summed E-state index contributed by atoms with van der Waals surface area (Å²) in [6.07, 6.45) is 15.3. The second-order valence-corrected chi connectivity index (χ2v) is 8.26. The molecule has 5 heterocycles. The number of likely N-dealkylation sites (tertiary alicyclic amines) is 1. The van der Waals surface area contributed by atoms with Crippen molar-refractivity contribution < 1.29 is 18.9 Å². The van der Waals surface area contributed by atoms with Crippen molar-refractivity contribution in [1.82, 2.24) is 4.90 Å². The average Bonchev–Trinajstić information content (AvgIpc) is 3.51. The van der Waals surface area contributed by atoms with Gasteiger partial charge in [-0.15, -0.1) is 0 Å². The third-order valence-electron chi connectivity index (χ3n) is 6.51. The highest BCUT2D eigenvalue weighted by molar-refractivity contribution is 5.44. The Balaban J connectivity index is 1.55. The van der Waals surface area contributed by atoms with Gasteiger partial charge in [0.15, 0.2) is 0 Å². The van der Waals surface area contributed by atoms with Crippen molar-refractivity contribution in [2.75, 3.05) is 26.3 Å². The van der Waals surface area contributed by atoms with Crippen molar-refractivity contribution in [3.8, 4) is 0 Å². The van der Waals surface area contributed by atoms with Gasteiger partial charge in [0.1, 0.15) is 18.5 Å². The maximum absolute atomic E-state index is 6.41. The van der Waals surface area contributed by atoms with Crippen LogP contribution in [0.1, 0.15) is 51.4 Å². The molecule has 3 fully saturated rings. The Labute approximate surface area is 162 Å². The molecule has 4 unspecified atom stereocenters. The zero-order valence-electron chi connectivity index (χ0n) is 16.1. The van der Waals surface area contributed by atoms with Crippen LogP contribution in [0, 0.1) is 0 Å². The second-order valence-electron chi connectivity index (χ2n) is 8.26. The minimum Gasteiger partial charge on any atom is -0.494 e. The van der Waals surface area contributed by atoms with Gasteiger partial charge in [-0.3, -0.25) is 0 Å². The van der Waals surface area contributed by atoms with Gasteiger partial charge in [-0.05, 0) is 51.0 Å². The third kappa shape index (κ3) is 3.40. The van der Waals surface area contributed by atoms with Crippen LogP contribution >= 0.6 is 0 Å². The molecule has 5 heteroatoms. The Bertz CT molecular complexity index is 614. The molecule has 0 radical (unpaired) electrons. The number of rotatable bonds is 4. The molecule has 0 bridgehead atoms. The summed E-state index contributed by atoms with van der Waals surface area (Å²) < 4.78 is 24.8. The van der Waals surface area contributed by atoms with Crippen LogP contribution in [-0.4, -0.2) is 55.6 Å². The quantitative estimate of drug-likeness (QED) is 0.752. The molecule has 5 aliphatic heterocycles. The van der Waals surface area contributed by atoms with Gasteiger partial charge in [0.05, 0.1) is 24.2 Å². The van der Waals surface area contributed by atoms with Crippen molar-refractivity contribution in [1.29, 1.82) is 0 Å². The molecule has 0 spiro atoms.